The summed E-state index contributed by atoms with van der Waals surface area (Å²) in [6, 6.07) is 6.61. The van der Waals surface area contributed by atoms with Crippen LogP contribution in [0.25, 0.3) is 0 Å². The quantitative estimate of drug-likeness (QED) is 0.855. The molecule has 104 valence electrons. The second-order valence-corrected chi connectivity index (χ2v) is 5.55. The second-order valence-electron chi connectivity index (χ2n) is 3.84. The Hall–Kier alpha value is -1.69. The van der Waals surface area contributed by atoms with Gasteiger partial charge in [-0.2, -0.15) is 0 Å². The van der Waals surface area contributed by atoms with Crippen LogP contribution in [-0.4, -0.2) is 44.9 Å². The zero-order valence-corrected chi connectivity index (χ0v) is 11.8. The standard InChI is InChI=1S/C13H17NO4S/c1-3-14(9-12(15)16)13(17)10-7-5-6-8-11(10)19(18)4-2/h5-8H,3-4,9H2,1-2H3,(H,15,16). The van der Waals surface area contributed by atoms with Crippen LogP contribution in [0.15, 0.2) is 29.2 Å². The Balaban J connectivity index is 3.11. The molecule has 1 amide bonds. The maximum absolute atomic E-state index is 12.3. The molecule has 0 radical (unpaired) electrons. The van der Waals surface area contributed by atoms with Gasteiger partial charge in [-0.3, -0.25) is 13.8 Å². The van der Waals surface area contributed by atoms with Crippen molar-refractivity contribution in [2.45, 2.75) is 18.7 Å². The molecule has 0 saturated carbocycles. The van der Waals surface area contributed by atoms with Crippen molar-refractivity contribution >= 4 is 22.7 Å². The van der Waals surface area contributed by atoms with E-state index in [1.807, 2.05) is 0 Å². The monoisotopic (exact) mass is 283 g/mol. The van der Waals surface area contributed by atoms with Gasteiger partial charge in [-0.1, -0.05) is 19.1 Å². The molecule has 0 aliphatic heterocycles. The minimum atomic E-state index is -1.25. The molecule has 0 heterocycles. The van der Waals surface area contributed by atoms with E-state index in [2.05, 4.69) is 0 Å². The number of likely N-dealkylation sites (N-methyl/N-ethyl adjacent to an activating group) is 1. The van der Waals surface area contributed by atoms with Crippen LogP contribution in [0.4, 0.5) is 0 Å². The molecule has 0 aromatic heterocycles. The lowest BCUT2D eigenvalue weighted by Crippen LogP contribution is -2.36. The highest BCUT2D eigenvalue weighted by atomic mass is 32.2. The van der Waals surface area contributed by atoms with Crippen LogP contribution in [0.2, 0.25) is 0 Å². The predicted molar refractivity (Wildman–Crippen MR) is 72.6 cm³/mol. The molecule has 1 aromatic carbocycles. The van der Waals surface area contributed by atoms with E-state index in [1.54, 1.807) is 38.1 Å². The molecule has 1 aromatic rings. The summed E-state index contributed by atoms with van der Waals surface area (Å²) in [7, 11) is -1.25. The number of benzene rings is 1. The van der Waals surface area contributed by atoms with Crippen molar-refractivity contribution in [2.75, 3.05) is 18.8 Å². The number of nitrogens with zero attached hydrogens (tertiary/aromatic N) is 1. The van der Waals surface area contributed by atoms with Crippen LogP contribution >= 0.6 is 0 Å². The topological polar surface area (TPSA) is 74.7 Å². The fraction of sp³-hybridized carbons (Fsp3) is 0.385. The van der Waals surface area contributed by atoms with E-state index in [4.69, 9.17) is 5.11 Å². The molecule has 1 rings (SSSR count). The van der Waals surface area contributed by atoms with Gasteiger partial charge in [0, 0.05) is 12.3 Å². The van der Waals surface area contributed by atoms with Gasteiger partial charge >= 0.3 is 5.97 Å². The number of rotatable bonds is 6. The first-order valence-electron chi connectivity index (χ1n) is 5.99. The lowest BCUT2D eigenvalue weighted by molar-refractivity contribution is -0.137. The van der Waals surface area contributed by atoms with Crippen molar-refractivity contribution in [3.05, 3.63) is 29.8 Å². The fourth-order valence-corrected chi connectivity index (χ4v) is 2.60. The Labute approximate surface area is 114 Å². The normalized spacial score (nSPS) is 11.9. The Bertz CT molecular complexity index is 501. The predicted octanol–water partition coefficient (Wildman–Crippen LogP) is 1.36. The van der Waals surface area contributed by atoms with Gasteiger partial charge in [-0.25, -0.2) is 0 Å². The first-order chi connectivity index (χ1) is 9.01. The number of hydrogen-bond donors (Lipinski definition) is 1. The van der Waals surface area contributed by atoms with E-state index >= 15 is 0 Å². The number of carbonyl (C=O) groups excluding carboxylic acids is 1. The molecular weight excluding hydrogens is 266 g/mol. The third kappa shape index (κ3) is 3.89. The smallest absolute Gasteiger partial charge is 0.323 e. The maximum atomic E-state index is 12.3. The average Bonchev–Trinajstić information content (AvgIpc) is 2.42. The molecule has 6 heteroatoms. The van der Waals surface area contributed by atoms with E-state index < -0.39 is 22.7 Å². The lowest BCUT2D eigenvalue weighted by atomic mass is 10.2. The van der Waals surface area contributed by atoms with Crippen LogP contribution < -0.4 is 0 Å². The highest BCUT2D eigenvalue weighted by Gasteiger charge is 2.21. The third-order valence-corrected chi connectivity index (χ3v) is 3.99. The van der Waals surface area contributed by atoms with Gasteiger partial charge in [0.05, 0.1) is 21.3 Å². The van der Waals surface area contributed by atoms with E-state index in [0.717, 1.165) is 0 Å². The van der Waals surface area contributed by atoms with Gasteiger partial charge in [0.1, 0.15) is 6.54 Å². The minimum absolute atomic E-state index is 0.290. The molecule has 0 aliphatic carbocycles. The average molecular weight is 283 g/mol. The van der Waals surface area contributed by atoms with Crippen molar-refractivity contribution < 1.29 is 18.9 Å². The van der Waals surface area contributed by atoms with Gasteiger partial charge in [-0.05, 0) is 19.1 Å². The van der Waals surface area contributed by atoms with Gasteiger partial charge in [0.15, 0.2) is 0 Å². The second kappa shape index (κ2) is 7.04. The van der Waals surface area contributed by atoms with Crippen LogP contribution in [0.1, 0.15) is 24.2 Å². The van der Waals surface area contributed by atoms with Gasteiger partial charge in [0.25, 0.3) is 5.91 Å². The Morgan fingerprint density at radius 1 is 1.26 bits per heavy atom. The van der Waals surface area contributed by atoms with Gasteiger partial charge < -0.3 is 10.0 Å². The number of carboxylic acids is 1. The summed E-state index contributed by atoms with van der Waals surface area (Å²) in [6.07, 6.45) is 0. The SMILES string of the molecule is CCN(CC(=O)O)C(=O)c1ccccc1S(=O)CC. The number of carbonyl (C=O) groups is 2. The largest absolute Gasteiger partial charge is 0.480 e. The number of aliphatic carboxylic acids is 1. The molecule has 1 N–H and O–H groups in total. The van der Waals surface area contributed by atoms with E-state index in [-0.39, 0.29) is 13.1 Å². The summed E-state index contributed by atoms with van der Waals surface area (Å²) in [5.74, 6) is -1.05. The van der Waals surface area contributed by atoms with E-state index in [1.165, 1.54) is 4.90 Å². The Morgan fingerprint density at radius 2 is 1.89 bits per heavy atom. The maximum Gasteiger partial charge on any atom is 0.323 e. The summed E-state index contributed by atoms with van der Waals surface area (Å²) in [5.41, 5.74) is 0.311. The molecule has 19 heavy (non-hydrogen) atoms. The van der Waals surface area contributed by atoms with Gasteiger partial charge in [0.2, 0.25) is 0 Å². The Morgan fingerprint density at radius 3 is 2.42 bits per heavy atom. The molecule has 5 nitrogen and oxygen atoms in total. The summed E-state index contributed by atoms with van der Waals surface area (Å²) in [6.45, 7) is 3.41. The van der Waals surface area contributed by atoms with E-state index in [0.29, 0.717) is 16.2 Å². The van der Waals surface area contributed by atoms with Crippen LogP contribution in [0.3, 0.4) is 0 Å². The molecule has 1 atom stereocenters. The number of carboxylic acid groups (broad SMARTS) is 1. The van der Waals surface area contributed by atoms with Gasteiger partial charge in [-0.15, -0.1) is 0 Å². The van der Waals surface area contributed by atoms with Crippen LogP contribution in [0, 0.1) is 0 Å². The molecule has 0 bridgehead atoms. The first kappa shape index (κ1) is 15.4. The zero-order chi connectivity index (χ0) is 14.4. The lowest BCUT2D eigenvalue weighted by Gasteiger charge is -2.19. The number of hydrogen-bond acceptors (Lipinski definition) is 3. The summed E-state index contributed by atoms with van der Waals surface area (Å²) in [5, 5.41) is 8.78. The summed E-state index contributed by atoms with van der Waals surface area (Å²) < 4.78 is 11.9. The van der Waals surface area contributed by atoms with Crippen molar-refractivity contribution in [2.24, 2.45) is 0 Å². The van der Waals surface area contributed by atoms with Crippen molar-refractivity contribution in [3.63, 3.8) is 0 Å². The number of amides is 1. The highest BCUT2D eigenvalue weighted by Crippen LogP contribution is 2.16. The van der Waals surface area contributed by atoms with Crippen LogP contribution in [-0.2, 0) is 15.6 Å². The molecule has 0 saturated heterocycles. The Kier molecular flexibility index (Phi) is 5.69. The molecule has 0 fully saturated rings. The summed E-state index contributed by atoms with van der Waals surface area (Å²) >= 11 is 0. The minimum Gasteiger partial charge on any atom is -0.480 e. The molecular formula is C13H17NO4S. The van der Waals surface area contributed by atoms with Crippen LogP contribution in [0.5, 0.6) is 0 Å². The zero-order valence-electron chi connectivity index (χ0n) is 11.0. The summed E-state index contributed by atoms with van der Waals surface area (Å²) in [4.78, 5) is 24.7. The van der Waals surface area contributed by atoms with Crippen molar-refractivity contribution in [1.82, 2.24) is 4.90 Å². The highest BCUT2D eigenvalue weighted by molar-refractivity contribution is 7.85. The van der Waals surface area contributed by atoms with Crippen molar-refractivity contribution in [3.8, 4) is 0 Å². The van der Waals surface area contributed by atoms with Crippen molar-refractivity contribution in [1.29, 1.82) is 0 Å². The molecule has 0 aliphatic rings. The fourth-order valence-electron chi connectivity index (χ4n) is 1.66. The molecule has 1 unspecified atom stereocenters. The third-order valence-electron chi connectivity index (χ3n) is 2.62. The molecule has 0 spiro atoms. The van der Waals surface area contributed by atoms with E-state index in [9.17, 15) is 13.8 Å². The first-order valence-corrected chi connectivity index (χ1v) is 7.31.